The Kier molecular flexibility index (Phi) is 6.89. The first-order chi connectivity index (χ1) is 8.91. The van der Waals surface area contributed by atoms with E-state index in [1.165, 1.54) is 24.3 Å². The molecule has 0 bridgehead atoms. The lowest BCUT2D eigenvalue weighted by atomic mass is 9.91. The molecule has 4 N–H and O–H groups in total. The molecule has 5 nitrogen and oxygen atoms in total. The van der Waals surface area contributed by atoms with Gasteiger partial charge in [-0.25, -0.2) is 0 Å². The first-order valence-corrected chi connectivity index (χ1v) is 5.74. The fraction of sp³-hybridized carbons (Fsp3) is 0.429. The molecule has 0 saturated heterocycles. The van der Waals surface area contributed by atoms with Gasteiger partial charge < -0.3 is 25.2 Å². The largest absolute Gasteiger partial charge is 0.394 e. The van der Waals surface area contributed by atoms with Gasteiger partial charge in [0.25, 0.3) is 0 Å². The van der Waals surface area contributed by atoms with Crippen molar-refractivity contribution in [2.45, 2.75) is 23.4 Å². The van der Waals surface area contributed by atoms with E-state index >= 15 is 0 Å². The molecule has 0 amide bonds. The summed E-state index contributed by atoms with van der Waals surface area (Å²) in [6.07, 6.45) is 2.29. The van der Waals surface area contributed by atoms with Gasteiger partial charge in [-0.2, -0.15) is 0 Å². The van der Waals surface area contributed by atoms with Gasteiger partial charge in [-0.05, 0) is 0 Å². The second-order valence-corrected chi connectivity index (χ2v) is 4.02. The summed E-state index contributed by atoms with van der Waals surface area (Å²) in [5.74, 6) is 0. The van der Waals surface area contributed by atoms with Crippen molar-refractivity contribution in [3.8, 4) is 0 Å². The molecule has 0 spiro atoms. The predicted octanol–water partition coefficient (Wildman–Crippen LogP) is -0.0690. The summed E-state index contributed by atoms with van der Waals surface area (Å²) in [6, 6.07) is 0. The van der Waals surface area contributed by atoms with Crippen LogP contribution in [-0.4, -0.2) is 57.0 Å². The lowest BCUT2D eigenvalue weighted by molar-refractivity contribution is -0.165. The topological polar surface area (TPSA) is 90.2 Å². The monoisotopic (exact) mass is 270 g/mol. The van der Waals surface area contributed by atoms with Crippen LogP contribution in [0.2, 0.25) is 0 Å². The van der Waals surface area contributed by atoms with Gasteiger partial charge in [-0.15, -0.1) is 0 Å². The summed E-state index contributed by atoms with van der Waals surface area (Å²) >= 11 is 0. The van der Waals surface area contributed by atoms with Crippen molar-refractivity contribution < 1.29 is 25.2 Å². The molecule has 108 valence electrons. The third-order valence-corrected chi connectivity index (χ3v) is 3.02. The average molecular weight is 270 g/mol. The van der Waals surface area contributed by atoms with E-state index in [4.69, 9.17) is 14.9 Å². The Morgan fingerprint density at radius 1 is 0.789 bits per heavy atom. The number of hydrogen-bond donors (Lipinski definition) is 4. The zero-order valence-corrected chi connectivity index (χ0v) is 10.9. The van der Waals surface area contributed by atoms with Crippen molar-refractivity contribution in [3.63, 3.8) is 0 Å². The van der Waals surface area contributed by atoms with Crippen LogP contribution in [0.3, 0.4) is 0 Å². The summed E-state index contributed by atoms with van der Waals surface area (Å²) in [4.78, 5) is 0. The fourth-order valence-electron chi connectivity index (χ4n) is 1.61. The van der Waals surface area contributed by atoms with Gasteiger partial charge in [0.1, 0.15) is 23.4 Å². The minimum absolute atomic E-state index is 0.600. The zero-order valence-electron chi connectivity index (χ0n) is 10.9. The van der Waals surface area contributed by atoms with Crippen LogP contribution in [0.4, 0.5) is 0 Å². The second-order valence-electron chi connectivity index (χ2n) is 4.02. The number of rotatable bonds is 10. The molecule has 0 aliphatic carbocycles. The number of aliphatic hydroxyl groups excluding tert-OH is 4. The molecule has 0 aromatic carbocycles. The average Bonchev–Trinajstić information content (AvgIpc) is 2.48. The van der Waals surface area contributed by atoms with Gasteiger partial charge in [0.15, 0.2) is 0 Å². The molecule has 0 heterocycles. The first kappa shape index (κ1) is 17.8. The van der Waals surface area contributed by atoms with Crippen LogP contribution < -0.4 is 0 Å². The summed E-state index contributed by atoms with van der Waals surface area (Å²) < 4.78 is 5.64. The van der Waals surface area contributed by atoms with Crippen LogP contribution >= 0.6 is 0 Å². The van der Waals surface area contributed by atoms with Gasteiger partial charge in [-0.3, -0.25) is 0 Å². The first-order valence-electron chi connectivity index (χ1n) is 5.74. The van der Waals surface area contributed by atoms with Crippen molar-refractivity contribution in [2.75, 3.05) is 13.2 Å². The van der Waals surface area contributed by atoms with Crippen molar-refractivity contribution in [3.05, 3.63) is 50.6 Å². The number of aliphatic hydroxyl groups is 4. The third-order valence-electron chi connectivity index (χ3n) is 3.02. The minimum Gasteiger partial charge on any atom is -0.394 e. The molecule has 0 aromatic rings. The predicted molar refractivity (Wildman–Crippen MR) is 73.5 cm³/mol. The third kappa shape index (κ3) is 3.40. The molecule has 0 rings (SSSR count). The molecular formula is C14H22O5. The van der Waals surface area contributed by atoms with E-state index in [1.807, 2.05) is 0 Å². The number of ether oxygens (including phenoxy) is 1. The highest BCUT2D eigenvalue weighted by atomic mass is 16.5. The fourth-order valence-corrected chi connectivity index (χ4v) is 1.61. The van der Waals surface area contributed by atoms with E-state index in [1.54, 1.807) is 0 Å². The maximum Gasteiger partial charge on any atom is 0.134 e. The highest BCUT2D eigenvalue weighted by Crippen LogP contribution is 2.31. The van der Waals surface area contributed by atoms with Crippen LogP contribution in [0.5, 0.6) is 0 Å². The van der Waals surface area contributed by atoms with Crippen molar-refractivity contribution in [1.29, 1.82) is 0 Å². The summed E-state index contributed by atoms with van der Waals surface area (Å²) in [5.41, 5.74) is -3.04. The van der Waals surface area contributed by atoms with Gasteiger partial charge in [0.2, 0.25) is 0 Å². The molecule has 0 radical (unpaired) electrons. The number of hydrogen-bond acceptors (Lipinski definition) is 5. The summed E-state index contributed by atoms with van der Waals surface area (Å²) in [7, 11) is 0. The van der Waals surface area contributed by atoms with Gasteiger partial charge in [0.05, 0.1) is 13.2 Å². The quantitative estimate of drug-likeness (QED) is 0.417. The van der Waals surface area contributed by atoms with E-state index in [-0.39, 0.29) is 0 Å². The van der Waals surface area contributed by atoms with E-state index in [2.05, 4.69) is 26.3 Å². The van der Waals surface area contributed by atoms with E-state index in [9.17, 15) is 10.2 Å². The Labute approximate surface area is 113 Å². The van der Waals surface area contributed by atoms with Crippen LogP contribution in [0.1, 0.15) is 0 Å². The highest BCUT2D eigenvalue weighted by Gasteiger charge is 2.43. The molecule has 0 fully saturated rings. The molecule has 0 aliphatic heterocycles. The Bertz CT molecular complexity index is 289. The Morgan fingerprint density at radius 3 is 1.21 bits per heavy atom. The second kappa shape index (κ2) is 7.37. The van der Waals surface area contributed by atoms with E-state index in [0.29, 0.717) is 0 Å². The lowest BCUT2D eigenvalue weighted by Gasteiger charge is -2.41. The maximum absolute atomic E-state index is 9.85. The standard InChI is InChI=1S/C14H22O5/c1-5-13(6-2,11(17)9-15)19-14(7-3,8-4)12(18)10-16/h5-8,11-12,15-18H,1-4,9-10H2. The highest BCUT2D eigenvalue weighted by molar-refractivity contribution is 5.22. The zero-order chi connectivity index (χ0) is 15.1. The molecule has 0 aliphatic rings. The van der Waals surface area contributed by atoms with Crippen LogP contribution in [0, 0.1) is 0 Å². The molecule has 2 atom stereocenters. The Balaban J connectivity index is 5.62. The Hall–Kier alpha value is -1.24. The maximum atomic E-state index is 9.85. The smallest absolute Gasteiger partial charge is 0.134 e. The van der Waals surface area contributed by atoms with Gasteiger partial charge >= 0.3 is 0 Å². The molecule has 0 aromatic heterocycles. The van der Waals surface area contributed by atoms with Crippen molar-refractivity contribution in [2.24, 2.45) is 0 Å². The SMILES string of the molecule is C=CC(C=C)(OC(C=C)(C=C)C(O)CO)C(O)CO. The van der Waals surface area contributed by atoms with Crippen molar-refractivity contribution >= 4 is 0 Å². The van der Waals surface area contributed by atoms with E-state index in [0.717, 1.165) is 0 Å². The van der Waals surface area contributed by atoms with Gasteiger partial charge in [0, 0.05) is 0 Å². The minimum atomic E-state index is -1.52. The molecule has 0 saturated carbocycles. The summed E-state index contributed by atoms with van der Waals surface area (Å²) in [5, 5.41) is 37.9. The Morgan fingerprint density at radius 2 is 1.05 bits per heavy atom. The van der Waals surface area contributed by atoms with Crippen molar-refractivity contribution in [1.82, 2.24) is 0 Å². The van der Waals surface area contributed by atoms with Crippen LogP contribution in [-0.2, 0) is 4.74 Å². The van der Waals surface area contributed by atoms with E-state index < -0.39 is 36.6 Å². The van der Waals surface area contributed by atoms with Crippen LogP contribution in [0.15, 0.2) is 50.6 Å². The molecule has 19 heavy (non-hydrogen) atoms. The molecule has 2 unspecified atom stereocenters. The van der Waals surface area contributed by atoms with Crippen LogP contribution in [0.25, 0.3) is 0 Å². The summed E-state index contributed by atoms with van der Waals surface area (Å²) in [6.45, 7) is 12.9. The lowest BCUT2D eigenvalue weighted by Crippen LogP contribution is -2.54. The molecule has 5 heteroatoms. The van der Waals surface area contributed by atoms with Gasteiger partial charge in [-0.1, -0.05) is 50.6 Å². The normalized spacial score (nSPS) is 15.4. The molecular weight excluding hydrogens is 248 g/mol.